The van der Waals surface area contributed by atoms with E-state index >= 15 is 0 Å². The molecule has 0 fully saturated rings. The molecule has 0 bridgehead atoms. The monoisotopic (exact) mass is 279 g/mol. The number of anilines is 1. The van der Waals surface area contributed by atoms with E-state index in [0.717, 1.165) is 12.0 Å². The molecule has 20 heavy (non-hydrogen) atoms. The molecule has 0 aliphatic rings. The molecule has 0 spiro atoms. The van der Waals surface area contributed by atoms with Crippen LogP contribution in [0.3, 0.4) is 0 Å². The number of aryl methyl sites for hydroxylation is 1. The first-order valence-electron chi connectivity index (χ1n) is 6.85. The number of amides is 2. The van der Waals surface area contributed by atoms with Gasteiger partial charge >= 0.3 is 6.03 Å². The highest BCUT2D eigenvalue weighted by Crippen LogP contribution is 2.28. The molecule has 0 aliphatic carbocycles. The molecule has 2 amide bonds. The molecule has 1 aromatic carbocycles. The van der Waals surface area contributed by atoms with E-state index in [1.807, 2.05) is 45.9 Å². The van der Waals surface area contributed by atoms with Gasteiger partial charge in [-0.2, -0.15) is 0 Å². The lowest BCUT2D eigenvalue weighted by Gasteiger charge is -2.22. The van der Waals surface area contributed by atoms with Crippen LogP contribution in [0.4, 0.5) is 10.5 Å². The fraction of sp³-hybridized carbons (Fsp3) is 0.533. The number of para-hydroxylation sites is 1. The molecular weight excluding hydrogens is 254 g/mol. The molecule has 0 heterocycles. The van der Waals surface area contributed by atoms with Gasteiger partial charge < -0.3 is 21.1 Å². The summed E-state index contributed by atoms with van der Waals surface area (Å²) < 4.78 is 5.67. The van der Waals surface area contributed by atoms with Crippen LogP contribution in [0.25, 0.3) is 0 Å². The minimum absolute atomic E-state index is 0.240. The Morgan fingerprint density at radius 3 is 2.65 bits per heavy atom. The van der Waals surface area contributed by atoms with Crippen LogP contribution in [-0.2, 0) is 0 Å². The predicted molar refractivity (Wildman–Crippen MR) is 82.3 cm³/mol. The van der Waals surface area contributed by atoms with Gasteiger partial charge in [-0.25, -0.2) is 4.79 Å². The van der Waals surface area contributed by atoms with Gasteiger partial charge in [0.2, 0.25) is 0 Å². The zero-order valence-electron chi connectivity index (χ0n) is 12.7. The Labute approximate surface area is 120 Å². The SMILES string of the molecule is Cc1cccc(OCCCN)c1NC(=O)NC(C)(C)C. The van der Waals surface area contributed by atoms with E-state index in [1.54, 1.807) is 0 Å². The topological polar surface area (TPSA) is 76.4 Å². The van der Waals surface area contributed by atoms with Gasteiger partial charge in [0, 0.05) is 5.54 Å². The Balaban J connectivity index is 2.79. The second kappa shape index (κ2) is 7.14. The standard InChI is InChI=1S/C15H25N3O2/c1-11-7-5-8-12(20-10-6-9-16)13(11)17-14(19)18-15(2,3)4/h5,7-8H,6,9-10,16H2,1-4H3,(H2,17,18,19). The predicted octanol–water partition coefficient (Wildman–Crippen LogP) is 2.64. The van der Waals surface area contributed by atoms with Crippen LogP contribution < -0.4 is 21.1 Å². The zero-order valence-corrected chi connectivity index (χ0v) is 12.7. The first kappa shape index (κ1) is 16.3. The third-order valence-corrected chi connectivity index (χ3v) is 2.57. The van der Waals surface area contributed by atoms with Gasteiger partial charge in [0.1, 0.15) is 5.75 Å². The lowest BCUT2D eigenvalue weighted by Crippen LogP contribution is -2.43. The van der Waals surface area contributed by atoms with Crippen molar-refractivity contribution >= 4 is 11.7 Å². The molecular formula is C15H25N3O2. The van der Waals surface area contributed by atoms with Crippen molar-refractivity contribution in [3.63, 3.8) is 0 Å². The number of ether oxygens (including phenoxy) is 1. The van der Waals surface area contributed by atoms with Crippen LogP contribution in [0.2, 0.25) is 0 Å². The second-order valence-corrected chi connectivity index (χ2v) is 5.77. The van der Waals surface area contributed by atoms with Crippen molar-refractivity contribution in [3.8, 4) is 5.75 Å². The number of rotatable bonds is 5. The van der Waals surface area contributed by atoms with Crippen LogP contribution >= 0.6 is 0 Å². The van der Waals surface area contributed by atoms with E-state index in [0.29, 0.717) is 24.6 Å². The summed E-state index contributed by atoms with van der Waals surface area (Å²) in [5, 5.41) is 5.72. The summed E-state index contributed by atoms with van der Waals surface area (Å²) in [4.78, 5) is 12.0. The number of hydrogen-bond acceptors (Lipinski definition) is 3. The highest BCUT2D eigenvalue weighted by molar-refractivity contribution is 5.92. The van der Waals surface area contributed by atoms with E-state index in [-0.39, 0.29) is 11.6 Å². The number of nitrogens with two attached hydrogens (primary N) is 1. The molecule has 0 aliphatic heterocycles. The van der Waals surface area contributed by atoms with Crippen molar-refractivity contribution in [2.75, 3.05) is 18.5 Å². The lowest BCUT2D eigenvalue weighted by atomic mass is 10.1. The molecule has 0 saturated heterocycles. The second-order valence-electron chi connectivity index (χ2n) is 5.77. The van der Waals surface area contributed by atoms with E-state index in [9.17, 15) is 4.79 Å². The van der Waals surface area contributed by atoms with Crippen molar-refractivity contribution < 1.29 is 9.53 Å². The number of hydrogen-bond donors (Lipinski definition) is 3. The highest BCUT2D eigenvalue weighted by Gasteiger charge is 2.16. The van der Waals surface area contributed by atoms with Crippen LogP contribution in [0, 0.1) is 6.92 Å². The summed E-state index contributed by atoms with van der Waals surface area (Å²) in [5.74, 6) is 0.669. The number of carbonyl (C=O) groups excluding carboxylic acids is 1. The fourth-order valence-corrected chi connectivity index (χ4v) is 1.67. The van der Waals surface area contributed by atoms with Gasteiger partial charge in [0.25, 0.3) is 0 Å². The lowest BCUT2D eigenvalue weighted by molar-refractivity contribution is 0.243. The maximum Gasteiger partial charge on any atom is 0.319 e. The number of urea groups is 1. The molecule has 0 radical (unpaired) electrons. The molecule has 1 rings (SSSR count). The fourth-order valence-electron chi connectivity index (χ4n) is 1.67. The maximum absolute atomic E-state index is 12.0. The average Bonchev–Trinajstić information content (AvgIpc) is 2.31. The summed E-state index contributed by atoms with van der Waals surface area (Å²) in [6, 6.07) is 5.44. The number of carbonyl (C=O) groups is 1. The van der Waals surface area contributed by atoms with E-state index in [2.05, 4.69) is 10.6 Å². The smallest absolute Gasteiger partial charge is 0.319 e. The molecule has 0 saturated carbocycles. The molecule has 4 N–H and O–H groups in total. The van der Waals surface area contributed by atoms with E-state index < -0.39 is 0 Å². The molecule has 0 unspecified atom stereocenters. The molecule has 1 aromatic rings. The van der Waals surface area contributed by atoms with Crippen molar-refractivity contribution in [1.82, 2.24) is 5.32 Å². The Bertz CT molecular complexity index is 453. The minimum Gasteiger partial charge on any atom is -0.491 e. The van der Waals surface area contributed by atoms with Gasteiger partial charge in [0.15, 0.2) is 0 Å². The number of benzene rings is 1. The third-order valence-electron chi connectivity index (χ3n) is 2.57. The molecule has 0 aromatic heterocycles. The zero-order chi connectivity index (χ0) is 15.2. The average molecular weight is 279 g/mol. The van der Waals surface area contributed by atoms with Crippen LogP contribution in [0.5, 0.6) is 5.75 Å². The van der Waals surface area contributed by atoms with Crippen molar-refractivity contribution in [2.45, 2.75) is 39.7 Å². The normalized spacial score (nSPS) is 11.1. The molecule has 0 atom stereocenters. The molecule has 5 heteroatoms. The van der Waals surface area contributed by atoms with Gasteiger partial charge in [0.05, 0.1) is 12.3 Å². The van der Waals surface area contributed by atoms with E-state index in [1.165, 1.54) is 0 Å². The third kappa shape index (κ3) is 5.48. The quantitative estimate of drug-likeness (QED) is 0.725. The summed E-state index contributed by atoms with van der Waals surface area (Å²) in [6.07, 6.45) is 0.779. The first-order chi connectivity index (χ1) is 9.33. The first-order valence-corrected chi connectivity index (χ1v) is 6.85. The number of nitrogens with one attached hydrogen (secondary N) is 2. The van der Waals surface area contributed by atoms with Gasteiger partial charge in [-0.15, -0.1) is 0 Å². The largest absolute Gasteiger partial charge is 0.491 e. The Morgan fingerprint density at radius 1 is 1.35 bits per heavy atom. The van der Waals surface area contributed by atoms with Crippen LogP contribution in [0.15, 0.2) is 18.2 Å². The Hall–Kier alpha value is -1.75. The summed E-state index contributed by atoms with van der Waals surface area (Å²) in [5.41, 5.74) is 6.82. The highest BCUT2D eigenvalue weighted by atomic mass is 16.5. The van der Waals surface area contributed by atoms with Crippen molar-refractivity contribution in [1.29, 1.82) is 0 Å². The maximum atomic E-state index is 12.0. The summed E-state index contributed by atoms with van der Waals surface area (Å²) in [7, 11) is 0. The van der Waals surface area contributed by atoms with Gasteiger partial charge in [-0.1, -0.05) is 12.1 Å². The Kier molecular flexibility index (Phi) is 5.82. The molecule has 112 valence electrons. The summed E-state index contributed by atoms with van der Waals surface area (Å²) >= 11 is 0. The van der Waals surface area contributed by atoms with Crippen molar-refractivity contribution in [3.05, 3.63) is 23.8 Å². The van der Waals surface area contributed by atoms with Crippen LogP contribution in [0.1, 0.15) is 32.8 Å². The van der Waals surface area contributed by atoms with Gasteiger partial charge in [-0.05, 0) is 52.3 Å². The minimum atomic E-state index is -0.284. The van der Waals surface area contributed by atoms with Crippen molar-refractivity contribution in [2.24, 2.45) is 5.73 Å². The van der Waals surface area contributed by atoms with Crippen LogP contribution in [-0.4, -0.2) is 24.7 Å². The Morgan fingerprint density at radius 2 is 2.05 bits per heavy atom. The van der Waals surface area contributed by atoms with E-state index in [4.69, 9.17) is 10.5 Å². The molecule has 5 nitrogen and oxygen atoms in total. The van der Waals surface area contributed by atoms with Gasteiger partial charge in [-0.3, -0.25) is 0 Å². The summed E-state index contributed by atoms with van der Waals surface area (Å²) in [6.45, 7) is 8.85.